The van der Waals surface area contributed by atoms with Crippen molar-refractivity contribution in [3.63, 3.8) is 0 Å². The van der Waals surface area contributed by atoms with Crippen LogP contribution in [0.4, 0.5) is 5.69 Å². The highest BCUT2D eigenvalue weighted by Crippen LogP contribution is 2.36. The van der Waals surface area contributed by atoms with Crippen LogP contribution in [0.25, 0.3) is 0 Å². The first-order chi connectivity index (χ1) is 11.8. The predicted octanol–water partition coefficient (Wildman–Crippen LogP) is 5.07. The van der Waals surface area contributed by atoms with Crippen LogP contribution < -0.4 is 19.5 Å². The Kier molecular flexibility index (Phi) is 6.64. The number of amides is 1. The maximum Gasteiger partial charge on any atom is 0.265 e. The lowest BCUT2D eigenvalue weighted by Gasteiger charge is -2.17. The molecular weight excluding hydrogens is 389 g/mol. The monoisotopic (exact) mass is 403 g/mol. The molecular formula is C17H16Cl3NO4. The summed E-state index contributed by atoms with van der Waals surface area (Å²) in [5.41, 5.74) is 0.409. The van der Waals surface area contributed by atoms with Crippen LogP contribution in [0.3, 0.4) is 0 Å². The third-order valence-corrected chi connectivity index (χ3v) is 4.12. The molecule has 8 heteroatoms. The first-order valence-electron chi connectivity index (χ1n) is 7.19. The van der Waals surface area contributed by atoms with Gasteiger partial charge in [-0.05, 0) is 25.1 Å². The molecule has 0 spiro atoms. The van der Waals surface area contributed by atoms with E-state index in [2.05, 4.69) is 5.32 Å². The van der Waals surface area contributed by atoms with Gasteiger partial charge in [0.25, 0.3) is 5.91 Å². The van der Waals surface area contributed by atoms with E-state index < -0.39 is 12.0 Å². The van der Waals surface area contributed by atoms with Gasteiger partial charge in [0.1, 0.15) is 17.2 Å². The number of rotatable bonds is 6. The van der Waals surface area contributed by atoms with Crippen LogP contribution in [-0.4, -0.2) is 26.2 Å². The number of hydrogen-bond donors (Lipinski definition) is 1. The first-order valence-corrected chi connectivity index (χ1v) is 8.33. The highest BCUT2D eigenvalue weighted by atomic mass is 35.5. The number of carbonyl (C=O) groups excluding carboxylic acids is 1. The third-order valence-electron chi connectivity index (χ3n) is 3.30. The largest absolute Gasteiger partial charge is 0.495 e. The zero-order valence-corrected chi connectivity index (χ0v) is 16.0. The molecule has 0 aromatic heterocycles. The predicted molar refractivity (Wildman–Crippen MR) is 99.7 cm³/mol. The van der Waals surface area contributed by atoms with Gasteiger partial charge in [0, 0.05) is 17.2 Å². The Labute approximate surface area is 160 Å². The SMILES string of the molecule is COc1cc(NC(=O)[C@H](C)Oc2ccc(Cl)cc2Cl)c(OC)cc1Cl. The molecule has 1 N–H and O–H groups in total. The number of hydrogen-bond acceptors (Lipinski definition) is 4. The average Bonchev–Trinajstić information content (AvgIpc) is 2.58. The molecule has 0 aliphatic rings. The summed E-state index contributed by atoms with van der Waals surface area (Å²) < 4.78 is 16.0. The molecule has 134 valence electrons. The molecule has 0 radical (unpaired) electrons. The van der Waals surface area contributed by atoms with Crippen molar-refractivity contribution in [1.82, 2.24) is 0 Å². The van der Waals surface area contributed by atoms with Gasteiger partial charge in [-0.2, -0.15) is 0 Å². The van der Waals surface area contributed by atoms with E-state index in [4.69, 9.17) is 49.0 Å². The molecule has 0 heterocycles. The number of anilines is 1. The van der Waals surface area contributed by atoms with E-state index in [0.29, 0.717) is 38.0 Å². The summed E-state index contributed by atoms with van der Waals surface area (Å²) in [4.78, 5) is 12.4. The Morgan fingerprint density at radius 3 is 2.20 bits per heavy atom. The molecule has 2 aromatic carbocycles. The molecule has 0 unspecified atom stereocenters. The minimum absolute atomic E-state index is 0.317. The number of halogens is 3. The smallest absolute Gasteiger partial charge is 0.265 e. The lowest BCUT2D eigenvalue weighted by Crippen LogP contribution is -2.30. The molecule has 2 aromatic rings. The highest BCUT2D eigenvalue weighted by Gasteiger charge is 2.19. The van der Waals surface area contributed by atoms with E-state index >= 15 is 0 Å². The fourth-order valence-electron chi connectivity index (χ4n) is 2.01. The lowest BCUT2D eigenvalue weighted by atomic mass is 10.2. The van der Waals surface area contributed by atoms with Gasteiger partial charge in [0.2, 0.25) is 0 Å². The summed E-state index contributed by atoms with van der Waals surface area (Å²) in [6.07, 6.45) is -0.815. The van der Waals surface area contributed by atoms with Gasteiger partial charge in [-0.1, -0.05) is 34.8 Å². The van der Waals surface area contributed by atoms with Gasteiger partial charge in [0.15, 0.2) is 6.10 Å². The van der Waals surface area contributed by atoms with Crippen LogP contribution in [0.5, 0.6) is 17.2 Å². The Bertz CT molecular complexity index is 783. The van der Waals surface area contributed by atoms with Crippen LogP contribution in [0.1, 0.15) is 6.92 Å². The zero-order valence-electron chi connectivity index (χ0n) is 13.7. The van der Waals surface area contributed by atoms with Crippen LogP contribution >= 0.6 is 34.8 Å². The molecule has 5 nitrogen and oxygen atoms in total. The second-order valence-electron chi connectivity index (χ2n) is 5.01. The van der Waals surface area contributed by atoms with Gasteiger partial charge in [0.05, 0.1) is 30.0 Å². The number of benzene rings is 2. The molecule has 0 fully saturated rings. The summed E-state index contributed by atoms with van der Waals surface area (Å²) in [5, 5.41) is 3.88. The molecule has 0 bridgehead atoms. The molecule has 2 rings (SSSR count). The van der Waals surface area contributed by atoms with E-state index in [0.717, 1.165) is 0 Å². The van der Waals surface area contributed by atoms with Gasteiger partial charge < -0.3 is 19.5 Å². The zero-order chi connectivity index (χ0) is 18.6. The van der Waals surface area contributed by atoms with E-state index in [1.807, 2.05) is 0 Å². The van der Waals surface area contributed by atoms with Crippen LogP contribution in [0.2, 0.25) is 15.1 Å². The Hall–Kier alpha value is -1.82. The number of methoxy groups -OCH3 is 2. The van der Waals surface area contributed by atoms with Crippen molar-refractivity contribution < 1.29 is 19.0 Å². The minimum Gasteiger partial charge on any atom is -0.495 e. The van der Waals surface area contributed by atoms with E-state index in [1.165, 1.54) is 20.3 Å². The van der Waals surface area contributed by atoms with Crippen LogP contribution in [0, 0.1) is 0 Å². The lowest BCUT2D eigenvalue weighted by molar-refractivity contribution is -0.122. The third kappa shape index (κ3) is 4.84. The van der Waals surface area contributed by atoms with Crippen molar-refractivity contribution in [3.05, 3.63) is 45.4 Å². The second kappa shape index (κ2) is 8.52. The Morgan fingerprint density at radius 1 is 0.960 bits per heavy atom. The molecule has 0 saturated heterocycles. The van der Waals surface area contributed by atoms with Crippen molar-refractivity contribution in [2.75, 3.05) is 19.5 Å². The van der Waals surface area contributed by atoms with Gasteiger partial charge in [-0.3, -0.25) is 4.79 Å². The summed E-state index contributed by atoms with van der Waals surface area (Å²) in [7, 11) is 2.95. The maximum absolute atomic E-state index is 12.4. The van der Waals surface area contributed by atoms with Crippen molar-refractivity contribution in [1.29, 1.82) is 0 Å². The average molecular weight is 405 g/mol. The van der Waals surface area contributed by atoms with Crippen LogP contribution in [0.15, 0.2) is 30.3 Å². The highest BCUT2D eigenvalue weighted by molar-refractivity contribution is 6.35. The molecule has 1 atom stereocenters. The fraction of sp³-hybridized carbons (Fsp3) is 0.235. The van der Waals surface area contributed by atoms with Crippen molar-refractivity contribution >= 4 is 46.4 Å². The number of ether oxygens (including phenoxy) is 3. The van der Waals surface area contributed by atoms with E-state index in [9.17, 15) is 4.79 Å². The van der Waals surface area contributed by atoms with Gasteiger partial charge in [-0.25, -0.2) is 0 Å². The second-order valence-corrected chi connectivity index (χ2v) is 6.26. The van der Waals surface area contributed by atoms with E-state index in [-0.39, 0.29) is 0 Å². The van der Waals surface area contributed by atoms with E-state index in [1.54, 1.807) is 31.2 Å². The molecule has 1 amide bonds. The first kappa shape index (κ1) is 19.5. The minimum atomic E-state index is -0.815. The topological polar surface area (TPSA) is 56.8 Å². The summed E-state index contributed by atoms with van der Waals surface area (Å²) in [6, 6.07) is 7.88. The standard InChI is InChI=1S/C17H16Cl3NO4/c1-9(25-14-5-4-10(18)6-11(14)19)17(22)21-13-8-15(23-2)12(20)7-16(13)24-3/h4-9H,1-3H3,(H,21,22)/t9-/m0/s1. The molecule has 0 aliphatic carbocycles. The fourth-order valence-corrected chi connectivity index (χ4v) is 2.69. The summed E-state index contributed by atoms with van der Waals surface area (Å²) >= 11 is 17.9. The Balaban J connectivity index is 2.15. The van der Waals surface area contributed by atoms with Crippen LogP contribution in [-0.2, 0) is 4.79 Å². The molecule has 0 saturated carbocycles. The quantitative estimate of drug-likeness (QED) is 0.730. The van der Waals surface area contributed by atoms with Gasteiger partial charge >= 0.3 is 0 Å². The molecule has 0 aliphatic heterocycles. The number of carbonyl (C=O) groups is 1. The van der Waals surface area contributed by atoms with Crippen molar-refractivity contribution in [3.8, 4) is 17.2 Å². The maximum atomic E-state index is 12.4. The normalized spacial score (nSPS) is 11.6. The molecule has 25 heavy (non-hydrogen) atoms. The van der Waals surface area contributed by atoms with Crippen molar-refractivity contribution in [2.45, 2.75) is 13.0 Å². The Morgan fingerprint density at radius 2 is 1.60 bits per heavy atom. The van der Waals surface area contributed by atoms with Gasteiger partial charge in [-0.15, -0.1) is 0 Å². The summed E-state index contributed by atoms with van der Waals surface area (Å²) in [6.45, 7) is 1.60. The number of nitrogens with one attached hydrogen (secondary N) is 1. The van der Waals surface area contributed by atoms with Crippen molar-refractivity contribution in [2.24, 2.45) is 0 Å². The summed E-state index contributed by atoms with van der Waals surface area (Å²) in [5.74, 6) is 0.769.